The summed E-state index contributed by atoms with van der Waals surface area (Å²) in [5.41, 5.74) is 5.16. The number of carboxylic acids is 1. The number of para-hydroxylation sites is 1. The molecule has 0 atom stereocenters. The van der Waals surface area contributed by atoms with Gasteiger partial charge in [0.2, 0.25) is 0 Å². The van der Waals surface area contributed by atoms with Crippen molar-refractivity contribution >= 4 is 22.6 Å². The lowest BCUT2D eigenvalue weighted by Gasteiger charge is -2.13. The van der Waals surface area contributed by atoms with Crippen LogP contribution in [0.25, 0.3) is 22.2 Å². The van der Waals surface area contributed by atoms with E-state index in [2.05, 4.69) is 35.4 Å². The zero-order valence-electron chi connectivity index (χ0n) is 17.2. The fourth-order valence-corrected chi connectivity index (χ4v) is 2.79. The van der Waals surface area contributed by atoms with Crippen molar-refractivity contribution in [2.24, 2.45) is 0 Å². The molecule has 0 bridgehead atoms. The Bertz CT molecular complexity index is 1100. The topological polar surface area (TPSA) is 105 Å². The Kier molecular flexibility index (Phi) is 7.61. The second kappa shape index (κ2) is 9.95. The summed E-state index contributed by atoms with van der Waals surface area (Å²) in [5, 5.41) is 21.0. The second-order valence-corrected chi connectivity index (χ2v) is 6.89. The van der Waals surface area contributed by atoms with E-state index in [1.54, 1.807) is 0 Å². The van der Waals surface area contributed by atoms with E-state index in [0.717, 1.165) is 46.6 Å². The highest BCUT2D eigenvalue weighted by Crippen LogP contribution is 2.32. The molecule has 2 aromatic heterocycles. The predicted molar refractivity (Wildman–Crippen MR) is 112 cm³/mol. The molecule has 0 aliphatic carbocycles. The Hall–Kier alpha value is -3.58. The van der Waals surface area contributed by atoms with Crippen molar-refractivity contribution in [2.75, 3.05) is 32.5 Å². The minimum absolute atomic E-state index is 0.552. The predicted octanol–water partition coefficient (Wildman–Crippen LogP) is 4.02. The fourth-order valence-electron chi connectivity index (χ4n) is 2.79. The summed E-state index contributed by atoms with van der Waals surface area (Å²) in [4.78, 5) is 18.9. The average molecular weight is 433 g/mol. The molecule has 3 rings (SSSR count). The number of halogens is 3. The Morgan fingerprint density at radius 1 is 1.26 bits per heavy atom. The quantitative estimate of drug-likeness (QED) is 0.561. The molecule has 0 unspecified atom stereocenters. The van der Waals surface area contributed by atoms with E-state index in [1.807, 2.05) is 43.3 Å². The normalized spacial score (nSPS) is 11.0. The molecule has 3 aromatic rings. The molecule has 3 N–H and O–H groups in total. The Balaban J connectivity index is 0.000000423. The molecular weight excluding hydrogens is 411 g/mol. The third-order valence-electron chi connectivity index (χ3n) is 4.28. The summed E-state index contributed by atoms with van der Waals surface area (Å²) in [7, 11) is 4.10. The van der Waals surface area contributed by atoms with Crippen LogP contribution in [0.5, 0.6) is 0 Å². The summed E-state index contributed by atoms with van der Waals surface area (Å²) >= 11 is 0. The van der Waals surface area contributed by atoms with Crippen LogP contribution in [-0.4, -0.2) is 59.3 Å². The van der Waals surface area contributed by atoms with Crippen molar-refractivity contribution in [3.63, 3.8) is 0 Å². The zero-order chi connectivity index (χ0) is 23.2. The van der Waals surface area contributed by atoms with Crippen LogP contribution >= 0.6 is 0 Å². The maximum absolute atomic E-state index is 10.6. The number of carboxylic acid groups (broad SMARTS) is 1. The molecule has 164 valence electrons. The molecule has 31 heavy (non-hydrogen) atoms. The number of nitrogens with one attached hydrogen (secondary N) is 2. The van der Waals surface area contributed by atoms with Crippen LogP contribution < -0.4 is 5.32 Å². The number of pyridine rings is 1. The molecule has 7 nitrogen and oxygen atoms in total. The molecule has 0 aliphatic rings. The number of aryl methyl sites for hydroxylation is 1. The third kappa shape index (κ3) is 6.20. The van der Waals surface area contributed by atoms with Crippen LogP contribution in [0.15, 0.2) is 36.4 Å². The van der Waals surface area contributed by atoms with Crippen LogP contribution in [0.2, 0.25) is 0 Å². The molecule has 0 fully saturated rings. The summed E-state index contributed by atoms with van der Waals surface area (Å²) < 4.78 is 31.7. The molecule has 2 heterocycles. The van der Waals surface area contributed by atoms with E-state index in [-0.39, 0.29) is 0 Å². The smallest absolute Gasteiger partial charge is 0.475 e. The molecule has 0 radical (unpaired) electrons. The number of aromatic amines is 1. The standard InChI is InChI=1S/C19H21N5.C2HF3O2/c1-13-15(21-10-11-24(2)3)8-9-17(22-13)19-14-6-4-5-7-16(14)23-18(19)12-20;3-2(4,5)1(6)7/h4-9,21,23H,10-11H2,1-3H3;(H,6,7). The SMILES string of the molecule is Cc1nc(-c2c(C#N)[nH]c3ccccc23)ccc1NCCN(C)C.O=C(O)C(F)(F)F. The lowest BCUT2D eigenvalue weighted by molar-refractivity contribution is -0.192. The number of hydrogen-bond donors (Lipinski definition) is 3. The van der Waals surface area contributed by atoms with Crippen LogP contribution in [0.1, 0.15) is 11.4 Å². The van der Waals surface area contributed by atoms with Gasteiger partial charge in [-0.25, -0.2) is 4.79 Å². The maximum Gasteiger partial charge on any atom is 0.490 e. The highest BCUT2D eigenvalue weighted by molar-refractivity contribution is 5.97. The minimum atomic E-state index is -5.08. The number of likely N-dealkylation sites (N-methyl/N-ethyl adjacent to an activating group) is 1. The molecule has 10 heteroatoms. The highest BCUT2D eigenvalue weighted by Gasteiger charge is 2.38. The monoisotopic (exact) mass is 433 g/mol. The molecule has 1 aromatic carbocycles. The van der Waals surface area contributed by atoms with Gasteiger partial charge in [0.15, 0.2) is 0 Å². The van der Waals surface area contributed by atoms with Gasteiger partial charge in [-0.1, -0.05) is 18.2 Å². The second-order valence-electron chi connectivity index (χ2n) is 6.89. The first-order chi connectivity index (χ1) is 14.5. The van der Waals surface area contributed by atoms with E-state index < -0.39 is 12.1 Å². The number of anilines is 1. The van der Waals surface area contributed by atoms with Gasteiger partial charge in [-0.05, 0) is 39.2 Å². The van der Waals surface area contributed by atoms with Gasteiger partial charge in [0.05, 0.1) is 17.1 Å². The van der Waals surface area contributed by atoms with Gasteiger partial charge in [-0.2, -0.15) is 18.4 Å². The van der Waals surface area contributed by atoms with E-state index in [4.69, 9.17) is 14.9 Å². The van der Waals surface area contributed by atoms with Crippen LogP contribution in [0.4, 0.5) is 18.9 Å². The Morgan fingerprint density at radius 3 is 2.45 bits per heavy atom. The lowest BCUT2D eigenvalue weighted by atomic mass is 10.1. The number of fused-ring (bicyclic) bond motifs is 1. The number of H-pyrrole nitrogens is 1. The van der Waals surface area contributed by atoms with Crippen LogP contribution in [-0.2, 0) is 4.79 Å². The van der Waals surface area contributed by atoms with Gasteiger partial charge < -0.3 is 20.3 Å². The first-order valence-corrected chi connectivity index (χ1v) is 9.22. The number of rotatable bonds is 5. The summed E-state index contributed by atoms with van der Waals surface area (Å²) in [6.45, 7) is 3.82. The Morgan fingerprint density at radius 2 is 1.90 bits per heavy atom. The maximum atomic E-state index is 10.6. The van der Waals surface area contributed by atoms with E-state index >= 15 is 0 Å². The van der Waals surface area contributed by atoms with Gasteiger partial charge >= 0.3 is 12.1 Å². The number of alkyl halides is 3. The number of hydrogen-bond acceptors (Lipinski definition) is 5. The first-order valence-electron chi connectivity index (χ1n) is 9.22. The fraction of sp³-hybridized carbons (Fsp3) is 0.286. The lowest BCUT2D eigenvalue weighted by Crippen LogP contribution is -2.21. The summed E-state index contributed by atoms with van der Waals surface area (Å²) in [5.74, 6) is -2.76. The number of nitrogens with zero attached hydrogens (tertiary/aromatic N) is 3. The van der Waals surface area contributed by atoms with Gasteiger partial charge in [-0.3, -0.25) is 4.98 Å². The Labute approximate surface area is 177 Å². The van der Waals surface area contributed by atoms with Crippen LogP contribution in [0.3, 0.4) is 0 Å². The largest absolute Gasteiger partial charge is 0.490 e. The average Bonchev–Trinajstić information content (AvgIpc) is 3.07. The van der Waals surface area contributed by atoms with Crippen molar-refractivity contribution in [2.45, 2.75) is 13.1 Å². The molecule has 0 saturated heterocycles. The van der Waals surface area contributed by atoms with Gasteiger partial charge in [-0.15, -0.1) is 0 Å². The van der Waals surface area contributed by atoms with E-state index in [1.165, 1.54) is 0 Å². The summed E-state index contributed by atoms with van der Waals surface area (Å²) in [6, 6.07) is 14.2. The summed E-state index contributed by atoms with van der Waals surface area (Å²) in [6.07, 6.45) is -5.08. The van der Waals surface area contributed by atoms with Gasteiger partial charge in [0.25, 0.3) is 0 Å². The van der Waals surface area contributed by atoms with Gasteiger partial charge in [0, 0.05) is 29.6 Å². The molecule has 0 saturated carbocycles. The minimum Gasteiger partial charge on any atom is -0.475 e. The highest BCUT2D eigenvalue weighted by atomic mass is 19.4. The van der Waals surface area contributed by atoms with Crippen molar-refractivity contribution in [1.82, 2.24) is 14.9 Å². The van der Waals surface area contributed by atoms with Crippen LogP contribution in [0, 0.1) is 18.3 Å². The van der Waals surface area contributed by atoms with Crippen molar-refractivity contribution in [3.8, 4) is 17.3 Å². The number of nitriles is 1. The number of aromatic nitrogens is 2. The van der Waals surface area contributed by atoms with Crippen molar-refractivity contribution < 1.29 is 23.1 Å². The number of aliphatic carboxylic acids is 1. The first kappa shape index (κ1) is 23.7. The van der Waals surface area contributed by atoms with Gasteiger partial charge in [0.1, 0.15) is 11.8 Å². The molecule has 0 aliphatic heterocycles. The molecular formula is C21H22F3N5O2. The molecule has 0 spiro atoms. The van der Waals surface area contributed by atoms with Crippen molar-refractivity contribution in [1.29, 1.82) is 5.26 Å². The number of carbonyl (C=O) groups is 1. The van der Waals surface area contributed by atoms with Crippen molar-refractivity contribution in [3.05, 3.63) is 47.8 Å². The zero-order valence-corrected chi connectivity index (χ0v) is 17.2. The van der Waals surface area contributed by atoms with E-state index in [9.17, 15) is 18.4 Å². The van der Waals surface area contributed by atoms with E-state index in [0.29, 0.717) is 5.69 Å². The molecule has 0 amide bonds. The number of benzene rings is 1. The third-order valence-corrected chi connectivity index (χ3v) is 4.28.